The minimum absolute atomic E-state index is 0.0665. The minimum Gasteiger partial charge on any atom is -0.354 e. The monoisotopic (exact) mass is 555 g/mol. The summed E-state index contributed by atoms with van der Waals surface area (Å²) < 4.78 is 65.2. The molecule has 0 aliphatic carbocycles. The number of halogens is 3. The Morgan fingerprint density at radius 1 is 1.00 bits per heavy atom. The summed E-state index contributed by atoms with van der Waals surface area (Å²) >= 11 is 0. The summed E-state index contributed by atoms with van der Waals surface area (Å²) in [6.45, 7) is 4.34. The van der Waals surface area contributed by atoms with Crippen molar-refractivity contribution in [3.63, 3.8) is 0 Å². The summed E-state index contributed by atoms with van der Waals surface area (Å²) in [6, 6.07) is 12.9. The van der Waals surface area contributed by atoms with Crippen molar-refractivity contribution < 1.29 is 31.2 Å². The fourth-order valence-electron chi connectivity index (χ4n) is 4.10. The van der Waals surface area contributed by atoms with Gasteiger partial charge in [-0.05, 0) is 49.4 Å². The quantitative estimate of drug-likeness (QED) is 0.368. The second-order valence-electron chi connectivity index (χ2n) is 9.02. The van der Waals surface area contributed by atoms with Crippen LogP contribution in [0.25, 0.3) is 0 Å². The van der Waals surface area contributed by atoms with Crippen molar-refractivity contribution in [3.05, 3.63) is 65.7 Å². The SMILES string of the molecule is CCCNC(=O)[C@@H](CC)N(CCc1ccccc1)C(=O)CCCN(c1cccc(C(F)(F)F)c1)S(C)(=O)=O. The third kappa shape index (κ3) is 9.34. The van der Waals surface area contributed by atoms with Crippen LogP contribution in [0, 0.1) is 0 Å². The van der Waals surface area contributed by atoms with Gasteiger partial charge in [0.1, 0.15) is 6.04 Å². The highest BCUT2D eigenvalue weighted by Gasteiger charge is 2.32. The molecule has 0 saturated heterocycles. The fraction of sp³-hybridized carbons (Fsp3) is 0.481. The molecule has 0 aliphatic rings. The molecule has 0 unspecified atom stereocenters. The topological polar surface area (TPSA) is 86.8 Å². The van der Waals surface area contributed by atoms with Crippen LogP contribution >= 0.6 is 0 Å². The molecule has 2 amide bonds. The zero-order chi connectivity index (χ0) is 28.3. The number of alkyl halides is 3. The highest BCUT2D eigenvalue weighted by Crippen LogP contribution is 2.32. The number of nitrogens with one attached hydrogen (secondary N) is 1. The summed E-state index contributed by atoms with van der Waals surface area (Å²) in [5, 5.41) is 2.84. The average molecular weight is 556 g/mol. The van der Waals surface area contributed by atoms with Gasteiger partial charge < -0.3 is 10.2 Å². The van der Waals surface area contributed by atoms with Crippen LogP contribution < -0.4 is 9.62 Å². The van der Waals surface area contributed by atoms with Gasteiger partial charge in [0.05, 0.1) is 17.5 Å². The molecular formula is C27H36F3N3O4S. The molecule has 1 atom stereocenters. The molecule has 0 fully saturated rings. The molecular weight excluding hydrogens is 519 g/mol. The molecule has 0 aliphatic heterocycles. The normalized spacial score (nSPS) is 12.6. The largest absolute Gasteiger partial charge is 0.416 e. The van der Waals surface area contributed by atoms with Crippen LogP contribution in [0.4, 0.5) is 18.9 Å². The van der Waals surface area contributed by atoms with Crippen molar-refractivity contribution in [2.45, 2.75) is 58.2 Å². The maximum atomic E-state index is 13.3. The van der Waals surface area contributed by atoms with Crippen LogP contribution in [0.15, 0.2) is 54.6 Å². The molecule has 38 heavy (non-hydrogen) atoms. The lowest BCUT2D eigenvalue weighted by Gasteiger charge is -2.31. The first-order chi connectivity index (χ1) is 17.9. The molecule has 210 valence electrons. The minimum atomic E-state index is -4.62. The van der Waals surface area contributed by atoms with Crippen LogP contribution in [-0.2, 0) is 32.2 Å². The van der Waals surface area contributed by atoms with E-state index in [-0.39, 0.29) is 36.9 Å². The van der Waals surface area contributed by atoms with E-state index >= 15 is 0 Å². The predicted octanol–water partition coefficient (Wildman–Crippen LogP) is 4.63. The summed E-state index contributed by atoms with van der Waals surface area (Å²) in [6.07, 6.45) is -2.04. The number of carbonyl (C=O) groups is 2. The van der Waals surface area contributed by atoms with Gasteiger partial charge in [-0.2, -0.15) is 13.2 Å². The van der Waals surface area contributed by atoms with E-state index in [9.17, 15) is 31.2 Å². The molecule has 2 aromatic carbocycles. The summed E-state index contributed by atoms with van der Waals surface area (Å²) in [4.78, 5) is 27.7. The lowest BCUT2D eigenvalue weighted by molar-refractivity contribution is -0.140. The number of nitrogens with zero attached hydrogens (tertiary/aromatic N) is 2. The molecule has 11 heteroatoms. The lowest BCUT2D eigenvalue weighted by atomic mass is 10.1. The second kappa shape index (κ2) is 14.2. The first kappa shape index (κ1) is 31.1. The molecule has 0 bridgehead atoms. The second-order valence-corrected chi connectivity index (χ2v) is 10.9. The number of anilines is 1. The van der Waals surface area contributed by atoms with Crippen LogP contribution in [-0.4, -0.2) is 57.1 Å². The Labute approximate surface area is 223 Å². The molecule has 0 spiro atoms. The predicted molar refractivity (Wildman–Crippen MR) is 142 cm³/mol. The Morgan fingerprint density at radius 3 is 2.26 bits per heavy atom. The van der Waals surface area contributed by atoms with Gasteiger partial charge in [0.2, 0.25) is 21.8 Å². The number of rotatable bonds is 14. The Hall–Kier alpha value is -3.08. The Kier molecular flexibility index (Phi) is 11.6. The van der Waals surface area contributed by atoms with Gasteiger partial charge in [-0.25, -0.2) is 8.42 Å². The molecule has 0 radical (unpaired) electrons. The van der Waals surface area contributed by atoms with Gasteiger partial charge >= 0.3 is 6.18 Å². The lowest BCUT2D eigenvalue weighted by Crippen LogP contribution is -2.50. The number of benzene rings is 2. The van der Waals surface area contributed by atoms with Crippen molar-refractivity contribution in [1.29, 1.82) is 0 Å². The van der Waals surface area contributed by atoms with Crippen molar-refractivity contribution in [2.24, 2.45) is 0 Å². The summed E-state index contributed by atoms with van der Waals surface area (Å²) in [5.74, 6) is -0.575. The molecule has 7 nitrogen and oxygen atoms in total. The van der Waals surface area contributed by atoms with E-state index in [4.69, 9.17) is 0 Å². The highest BCUT2D eigenvalue weighted by atomic mass is 32.2. The number of amides is 2. The van der Waals surface area contributed by atoms with Gasteiger partial charge in [-0.15, -0.1) is 0 Å². The van der Waals surface area contributed by atoms with E-state index in [1.54, 1.807) is 0 Å². The fourth-order valence-corrected chi connectivity index (χ4v) is 5.06. The van der Waals surface area contributed by atoms with Gasteiger partial charge in [0.25, 0.3) is 0 Å². The Balaban J connectivity index is 2.19. The van der Waals surface area contributed by atoms with Crippen molar-refractivity contribution in [1.82, 2.24) is 10.2 Å². The molecule has 0 aromatic heterocycles. The van der Waals surface area contributed by atoms with Crippen molar-refractivity contribution >= 4 is 27.5 Å². The summed E-state index contributed by atoms with van der Waals surface area (Å²) in [5.41, 5.74) is -0.0845. The van der Waals surface area contributed by atoms with Crippen LogP contribution in [0.5, 0.6) is 0 Å². The maximum Gasteiger partial charge on any atom is 0.416 e. The van der Waals surface area contributed by atoms with E-state index in [2.05, 4.69) is 5.32 Å². The number of hydrogen-bond donors (Lipinski definition) is 1. The standard InChI is InChI=1S/C27H36F3N3O4S/c1-4-17-31-26(35)24(5-2)32(19-16-21-11-7-6-8-12-21)25(34)15-10-18-33(38(3,36)37)23-14-9-13-22(20-23)27(28,29)30/h6-9,11-14,20,24H,4-5,10,15-19H2,1-3H3,(H,31,35)/t24-/m1/s1. The Bertz CT molecular complexity index is 1160. The van der Waals surface area contributed by atoms with Gasteiger partial charge in [-0.3, -0.25) is 13.9 Å². The molecule has 2 aromatic rings. The highest BCUT2D eigenvalue weighted by molar-refractivity contribution is 7.92. The van der Waals surface area contributed by atoms with Crippen LogP contribution in [0.1, 0.15) is 50.7 Å². The summed E-state index contributed by atoms with van der Waals surface area (Å²) in [7, 11) is -3.91. The van der Waals surface area contributed by atoms with Gasteiger partial charge in [0.15, 0.2) is 0 Å². The Morgan fingerprint density at radius 2 is 1.68 bits per heavy atom. The smallest absolute Gasteiger partial charge is 0.354 e. The average Bonchev–Trinajstić information content (AvgIpc) is 2.87. The molecule has 0 heterocycles. The van der Waals surface area contributed by atoms with Gasteiger partial charge in [0, 0.05) is 26.1 Å². The van der Waals surface area contributed by atoms with Crippen LogP contribution in [0.3, 0.4) is 0 Å². The van der Waals surface area contributed by atoms with E-state index < -0.39 is 27.8 Å². The van der Waals surface area contributed by atoms with Crippen molar-refractivity contribution in [3.8, 4) is 0 Å². The maximum absolute atomic E-state index is 13.3. The molecule has 0 saturated carbocycles. The zero-order valence-electron chi connectivity index (χ0n) is 22.0. The molecule has 2 rings (SSSR count). The number of carbonyl (C=O) groups excluding carboxylic acids is 2. The van der Waals surface area contributed by atoms with E-state index in [1.807, 2.05) is 44.2 Å². The van der Waals surface area contributed by atoms with Crippen molar-refractivity contribution in [2.75, 3.05) is 30.2 Å². The van der Waals surface area contributed by atoms with Crippen LogP contribution in [0.2, 0.25) is 0 Å². The van der Waals surface area contributed by atoms with Gasteiger partial charge in [-0.1, -0.05) is 50.2 Å². The zero-order valence-corrected chi connectivity index (χ0v) is 22.8. The number of hydrogen-bond acceptors (Lipinski definition) is 4. The first-order valence-electron chi connectivity index (χ1n) is 12.6. The third-order valence-electron chi connectivity index (χ3n) is 6.03. The van der Waals surface area contributed by atoms with E-state index in [0.717, 1.165) is 40.7 Å². The third-order valence-corrected chi connectivity index (χ3v) is 7.23. The number of sulfonamides is 1. The van der Waals surface area contributed by atoms with E-state index in [1.165, 1.54) is 11.0 Å². The first-order valence-corrected chi connectivity index (χ1v) is 14.5. The molecule has 1 N–H and O–H groups in total. The van der Waals surface area contributed by atoms with E-state index in [0.29, 0.717) is 25.9 Å².